The normalized spacial score (nSPS) is 15.5. The molecule has 1 amide bonds. The first-order chi connectivity index (χ1) is 16.7. The molecule has 1 atom stereocenters. The molecule has 0 fully saturated rings. The summed E-state index contributed by atoms with van der Waals surface area (Å²) >= 11 is 0. The van der Waals surface area contributed by atoms with Crippen molar-refractivity contribution in [3.63, 3.8) is 0 Å². The summed E-state index contributed by atoms with van der Waals surface area (Å²) < 4.78 is 67.5. The number of halogens is 4. The van der Waals surface area contributed by atoms with Crippen molar-refractivity contribution in [2.24, 2.45) is 7.05 Å². The smallest absolute Gasteiger partial charge is 0.388 e. The van der Waals surface area contributed by atoms with Gasteiger partial charge in [-0.3, -0.25) is 9.48 Å². The molecule has 2 N–H and O–H groups in total. The van der Waals surface area contributed by atoms with E-state index in [4.69, 9.17) is 4.74 Å². The molecule has 184 valence electrons. The van der Waals surface area contributed by atoms with E-state index in [9.17, 15) is 22.4 Å². The Morgan fingerprint density at radius 2 is 2.09 bits per heavy atom. The predicted octanol–water partition coefficient (Wildman–Crippen LogP) is 3.26. The summed E-state index contributed by atoms with van der Waals surface area (Å²) in [6.07, 6.45) is -0.0335. The van der Waals surface area contributed by atoms with Gasteiger partial charge in [0.15, 0.2) is 0 Å². The van der Waals surface area contributed by atoms with E-state index in [0.29, 0.717) is 11.0 Å². The lowest BCUT2D eigenvalue weighted by atomic mass is 10.0. The van der Waals surface area contributed by atoms with Crippen molar-refractivity contribution in [1.82, 2.24) is 34.8 Å². The van der Waals surface area contributed by atoms with Gasteiger partial charge < -0.3 is 19.8 Å². The Bertz CT molecular complexity index is 1410. The number of aromatic amines is 1. The Labute approximate surface area is 194 Å². The first-order valence-electron chi connectivity index (χ1n) is 10.5. The molecule has 4 aromatic rings. The molecule has 0 bridgehead atoms. The number of carbonyl (C=O) groups excluding carboxylic acids is 1. The minimum absolute atomic E-state index is 0.0292. The molecular weight excluding hydrogens is 474 g/mol. The maximum absolute atomic E-state index is 14.2. The van der Waals surface area contributed by atoms with Crippen molar-refractivity contribution in [3.8, 4) is 34.1 Å². The standard InChI is InChI=1S/C21H19F4N7O3/c1-9(33)27-10-6-32-20(34-8-10)14(16(29-32)17(22)23)15-13(11-4-3-5-26-18(11)28-15)12-7-31(2)30-19(12)35-21(24)25/h3-5,7,10,17,21H,6,8H2,1-2H3,(H,26,28)(H,27,33)/t10-/m0/s1. The van der Waals surface area contributed by atoms with Crippen LogP contribution in [0, 0.1) is 0 Å². The quantitative estimate of drug-likeness (QED) is 0.399. The predicted molar refractivity (Wildman–Crippen MR) is 114 cm³/mol. The number of fused-ring (bicyclic) bond motifs is 2. The molecule has 35 heavy (non-hydrogen) atoms. The Morgan fingerprint density at radius 1 is 1.29 bits per heavy atom. The minimum atomic E-state index is -3.15. The summed E-state index contributed by atoms with van der Waals surface area (Å²) in [5.41, 5.74) is 0.283. The molecule has 1 aliphatic heterocycles. The Hall–Kier alpha value is -4.10. The fraction of sp³-hybridized carbons (Fsp3) is 0.333. The molecule has 0 saturated heterocycles. The largest absolute Gasteiger partial charge is 0.475 e. The zero-order valence-electron chi connectivity index (χ0n) is 18.4. The molecule has 0 aliphatic carbocycles. The van der Waals surface area contributed by atoms with E-state index in [0.717, 1.165) is 0 Å². The molecule has 14 heteroatoms. The Morgan fingerprint density at radius 3 is 2.80 bits per heavy atom. The van der Waals surface area contributed by atoms with Gasteiger partial charge in [0, 0.05) is 37.3 Å². The van der Waals surface area contributed by atoms with Crippen molar-refractivity contribution in [1.29, 1.82) is 0 Å². The number of hydrogen-bond donors (Lipinski definition) is 2. The van der Waals surface area contributed by atoms with Gasteiger partial charge >= 0.3 is 6.61 Å². The third-order valence-corrected chi connectivity index (χ3v) is 5.45. The van der Waals surface area contributed by atoms with Crippen LogP contribution in [0.4, 0.5) is 17.6 Å². The lowest BCUT2D eigenvalue weighted by Gasteiger charge is -2.25. The van der Waals surface area contributed by atoms with Crippen LogP contribution in [0.25, 0.3) is 33.4 Å². The summed E-state index contributed by atoms with van der Waals surface area (Å²) in [4.78, 5) is 18.7. The van der Waals surface area contributed by atoms with Crippen LogP contribution in [0.15, 0.2) is 24.5 Å². The number of hydrogen-bond acceptors (Lipinski definition) is 6. The fourth-order valence-electron chi connectivity index (χ4n) is 4.24. The summed E-state index contributed by atoms with van der Waals surface area (Å²) in [5, 5.41) is 11.2. The number of aromatic nitrogens is 6. The first kappa shape index (κ1) is 22.7. The molecule has 0 unspecified atom stereocenters. The van der Waals surface area contributed by atoms with Crippen LogP contribution in [-0.2, 0) is 18.4 Å². The van der Waals surface area contributed by atoms with E-state index in [1.165, 1.54) is 35.7 Å². The molecule has 4 aromatic heterocycles. The highest BCUT2D eigenvalue weighted by molar-refractivity contribution is 6.04. The number of nitrogens with one attached hydrogen (secondary N) is 2. The second-order valence-corrected chi connectivity index (χ2v) is 7.93. The lowest BCUT2D eigenvalue weighted by Crippen LogP contribution is -2.44. The monoisotopic (exact) mass is 493 g/mol. The molecule has 5 heterocycles. The van der Waals surface area contributed by atoms with Crippen LogP contribution in [0.3, 0.4) is 0 Å². The summed E-state index contributed by atoms with van der Waals surface area (Å²) in [5.74, 6) is -0.620. The summed E-state index contributed by atoms with van der Waals surface area (Å²) in [6, 6.07) is 2.83. The van der Waals surface area contributed by atoms with Crippen molar-refractivity contribution < 1.29 is 31.8 Å². The third-order valence-electron chi connectivity index (χ3n) is 5.45. The molecule has 0 saturated carbocycles. The number of H-pyrrole nitrogens is 1. The van der Waals surface area contributed by atoms with E-state index >= 15 is 0 Å². The highest BCUT2D eigenvalue weighted by Crippen LogP contribution is 2.47. The minimum Gasteiger partial charge on any atom is -0.475 e. The van der Waals surface area contributed by atoms with Crippen LogP contribution >= 0.6 is 0 Å². The number of ether oxygens (including phenoxy) is 2. The topological polar surface area (TPSA) is 112 Å². The van der Waals surface area contributed by atoms with Gasteiger partial charge in [-0.05, 0) is 12.1 Å². The van der Waals surface area contributed by atoms with Gasteiger partial charge in [-0.1, -0.05) is 0 Å². The molecule has 5 rings (SSSR count). The van der Waals surface area contributed by atoms with Crippen molar-refractivity contribution in [2.45, 2.75) is 32.5 Å². The first-order valence-corrected chi connectivity index (χ1v) is 10.5. The van der Waals surface area contributed by atoms with E-state index in [2.05, 4.69) is 30.2 Å². The van der Waals surface area contributed by atoms with Crippen LogP contribution in [0.1, 0.15) is 19.0 Å². The van der Waals surface area contributed by atoms with E-state index in [1.54, 1.807) is 12.1 Å². The lowest BCUT2D eigenvalue weighted by molar-refractivity contribution is -0.120. The molecular formula is C21H19F4N7O3. The molecule has 1 aliphatic rings. The summed E-state index contributed by atoms with van der Waals surface area (Å²) in [6.45, 7) is -1.67. The van der Waals surface area contributed by atoms with Gasteiger partial charge in [0.1, 0.15) is 17.9 Å². The number of carbonyl (C=O) groups is 1. The Kier molecular flexibility index (Phi) is 5.57. The SMILES string of the molecule is CC(=O)N[C@@H]1COc2c(-c3[nH]c4ncccc4c3-c3cn(C)nc3OC(F)F)c(C(F)F)nn2C1. The van der Waals surface area contributed by atoms with Crippen molar-refractivity contribution in [2.75, 3.05) is 6.61 Å². The van der Waals surface area contributed by atoms with Crippen LogP contribution in [0.5, 0.6) is 11.8 Å². The maximum Gasteiger partial charge on any atom is 0.388 e. The number of nitrogens with zero attached hydrogens (tertiary/aromatic N) is 5. The Balaban J connectivity index is 1.74. The third kappa shape index (κ3) is 4.04. The van der Waals surface area contributed by atoms with Gasteiger partial charge in [0.2, 0.25) is 17.7 Å². The number of amides is 1. The second-order valence-electron chi connectivity index (χ2n) is 7.93. The highest BCUT2D eigenvalue weighted by atomic mass is 19.3. The number of aryl methyl sites for hydroxylation is 1. The van der Waals surface area contributed by atoms with Crippen LogP contribution in [-0.4, -0.2) is 54.7 Å². The molecule has 0 spiro atoms. The molecule has 0 radical (unpaired) electrons. The average Bonchev–Trinajstić information content (AvgIpc) is 3.44. The summed E-state index contributed by atoms with van der Waals surface area (Å²) in [7, 11) is 1.52. The van der Waals surface area contributed by atoms with Crippen molar-refractivity contribution in [3.05, 3.63) is 30.2 Å². The second kappa shape index (κ2) is 8.60. The number of pyridine rings is 1. The average molecular weight is 493 g/mol. The van der Waals surface area contributed by atoms with Gasteiger partial charge in [-0.15, -0.1) is 5.10 Å². The fourth-order valence-corrected chi connectivity index (χ4v) is 4.24. The van der Waals surface area contributed by atoms with Crippen molar-refractivity contribution >= 4 is 16.9 Å². The van der Waals surface area contributed by atoms with E-state index in [1.807, 2.05) is 0 Å². The van der Waals surface area contributed by atoms with Gasteiger partial charge in [-0.25, -0.2) is 18.4 Å². The van der Waals surface area contributed by atoms with E-state index in [-0.39, 0.29) is 53.2 Å². The van der Waals surface area contributed by atoms with E-state index < -0.39 is 24.8 Å². The van der Waals surface area contributed by atoms with Crippen LogP contribution < -0.4 is 14.8 Å². The molecule has 10 nitrogen and oxygen atoms in total. The number of rotatable bonds is 6. The zero-order valence-corrected chi connectivity index (χ0v) is 18.4. The number of alkyl halides is 4. The van der Waals surface area contributed by atoms with Crippen LogP contribution in [0.2, 0.25) is 0 Å². The van der Waals surface area contributed by atoms with Gasteiger partial charge in [0.05, 0.1) is 29.4 Å². The molecule has 0 aromatic carbocycles. The van der Waals surface area contributed by atoms with Gasteiger partial charge in [-0.2, -0.15) is 13.9 Å². The maximum atomic E-state index is 14.2. The van der Waals surface area contributed by atoms with Gasteiger partial charge in [0.25, 0.3) is 6.43 Å². The highest BCUT2D eigenvalue weighted by Gasteiger charge is 2.35. The zero-order chi connectivity index (χ0) is 24.9.